The van der Waals surface area contributed by atoms with Crippen molar-refractivity contribution < 1.29 is 13.2 Å². The molecule has 0 saturated heterocycles. The van der Waals surface area contributed by atoms with Gasteiger partial charge in [-0.2, -0.15) is 0 Å². The first kappa shape index (κ1) is 21.1. The Balaban J connectivity index is 1.89. The fourth-order valence-electron chi connectivity index (χ4n) is 2.84. The Kier molecular flexibility index (Phi) is 6.10. The molecule has 3 rings (SSSR count). The van der Waals surface area contributed by atoms with Gasteiger partial charge in [0.05, 0.1) is 10.6 Å². The van der Waals surface area contributed by atoms with E-state index < -0.39 is 10.0 Å². The third kappa shape index (κ3) is 4.86. The van der Waals surface area contributed by atoms with E-state index in [1.807, 2.05) is 38.1 Å². The predicted molar refractivity (Wildman–Crippen MR) is 120 cm³/mol. The monoisotopic (exact) mass is 472 g/mol. The third-order valence-corrected chi connectivity index (χ3v) is 6.94. The molecule has 0 fully saturated rings. The van der Waals surface area contributed by atoms with Crippen LogP contribution in [0.5, 0.6) is 0 Å². The van der Waals surface area contributed by atoms with E-state index in [0.717, 1.165) is 15.6 Å². The molecule has 0 spiro atoms. The molecule has 0 aliphatic carbocycles. The van der Waals surface area contributed by atoms with Crippen molar-refractivity contribution in [2.45, 2.75) is 25.7 Å². The van der Waals surface area contributed by atoms with E-state index in [9.17, 15) is 13.2 Å². The summed E-state index contributed by atoms with van der Waals surface area (Å²) in [6.07, 6.45) is 0. The molecule has 2 N–H and O–H groups in total. The molecule has 0 heterocycles. The van der Waals surface area contributed by atoms with Crippen LogP contribution >= 0.6 is 15.9 Å². The van der Waals surface area contributed by atoms with Gasteiger partial charge < -0.3 is 5.32 Å². The molecular formula is C22H21BrN2O3S. The van der Waals surface area contributed by atoms with Gasteiger partial charge in [-0.1, -0.05) is 40.2 Å². The minimum atomic E-state index is -3.84. The van der Waals surface area contributed by atoms with E-state index in [4.69, 9.17) is 0 Å². The summed E-state index contributed by atoms with van der Waals surface area (Å²) in [5.74, 6) is -0.376. The van der Waals surface area contributed by atoms with E-state index >= 15 is 0 Å². The van der Waals surface area contributed by atoms with E-state index in [1.165, 1.54) is 6.07 Å². The van der Waals surface area contributed by atoms with Gasteiger partial charge in [0, 0.05) is 15.7 Å². The largest absolute Gasteiger partial charge is 0.322 e. The Morgan fingerprint density at radius 1 is 0.862 bits per heavy atom. The average molecular weight is 473 g/mol. The van der Waals surface area contributed by atoms with E-state index in [-0.39, 0.29) is 16.4 Å². The van der Waals surface area contributed by atoms with Crippen LogP contribution in [0.2, 0.25) is 0 Å². The molecule has 7 heteroatoms. The molecule has 29 heavy (non-hydrogen) atoms. The van der Waals surface area contributed by atoms with Gasteiger partial charge >= 0.3 is 0 Å². The summed E-state index contributed by atoms with van der Waals surface area (Å²) in [5, 5.41) is 2.81. The van der Waals surface area contributed by atoms with Crippen LogP contribution in [0.4, 0.5) is 11.4 Å². The first-order valence-corrected chi connectivity index (χ1v) is 11.2. The van der Waals surface area contributed by atoms with Crippen LogP contribution in [-0.2, 0) is 10.0 Å². The van der Waals surface area contributed by atoms with Crippen molar-refractivity contribution in [2.75, 3.05) is 10.0 Å². The highest BCUT2D eigenvalue weighted by atomic mass is 79.9. The quantitative estimate of drug-likeness (QED) is 0.519. The van der Waals surface area contributed by atoms with Crippen molar-refractivity contribution in [2.24, 2.45) is 0 Å². The average Bonchev–Trinajstić information content (AvgIpc) is 2.66. The second-order valence-corrected chi connectivity index (χ2v) is 9.32. The maximum atomic E-state index is 12.9. The van der Waals surface area contributed by atoms with Gasteiger partial charge in [-0.25, -0.2) is 8.42 Å². The zero-order valence-corrected chi connectivity index (χ0v) is 18.7. The van der Waals surface area contributed by atoms with Crippen molar-refractivity contribution in [3.8, 4) is 0 Å². The molecule has 0 aromatic heterocycles. The topological polar surface area (TPSA) is 75.3 Å². The number of benzene rings is 3. The number of hydrogen-bond donors (Lipinski definition) is 2. The number of amides is 1. The van der Waals surface area contributed by atoms with Gasteiger partial charge in [-0.15, -0.1) is 0 Å². The molecule has 0 atom stereocenters. The van der Waals surface area contributed by atoms with Crippen LogP contribution in [0, 0.1) is 20.8 Å². The Labute approximate surface area is 179 Å². The first-order chi connectivity index (χ1) is 13.7. The molecule has 0 unspecified atom stereocenters. The van der Waals surface area contributed by atoms with Gasteiger partial charge in [0.25, 0.3) is 15.9 Å². The highest BCUT2D eigenvalue weighted by molar-refractivity contribution is 9.10. The maximum Gasteiger partial charge on any atom is 0.262 e. The number of hydrogen-bond acceptors (Lipinski definition) is 3. The molecule has 0 aliphatic rings. The number of carbonyl (C=O) groups is 1. The van der Waals surface area contributed by atoms with Crippen LogP contribution in [0.1, 0.15) is 27.0 Å². The number of anilines is 2. The fourth-order valence-corrected chi connectivity index (χ4v) is 4.49. The summed E-state index contributed by atoms with van der Waals surface area (Å²) in [4.78, 5) is 12.7. The second kappa shape index (κ2) is 8.39. The molecule has 5 nitrogen and oxygen atoms in total. The molecule has 0 radical (unpaired) electrons. The summed E-state index contributed by atoms with van der Waals surface area (Å²) < 4.78 is 29.4. The van der Waals surface area contributed by atoms with Gasteiger partial charge in [0.2, 0.25) is 0 Å². The highest BCUT2D eigenvalue weighted by Crippen LogP contribution is 2.24. The Morgan fingerprint density at radius 3 is 2.28 bits per heavy atom. The number of rotatable bonds is 5. The Morgan fingerprint density at radius 2 is 1.59 bits per heavy atom. The molecule has 3 aromatic rings. The predicted octanol–water partition coefficient (Wildman–Crippen LogP) is 5.43. The summed E-state index contributed by atoms with van der Waals surface area (Å²) in [6.45, 7) is 5.45. The summed E-state index contributed by atoms with van der Waals surface area (Å²) in [7, 11) is -3.84. The fraction of sp³-hybridized carbons (Fsp3) is 0.136. The number of carbonyl (C=O) groups excluding carboxylic acids is 1. The van der Waals surface area contributed by atoms with E-state index in [0.29, 0.717) is 16.9 Å². The van der Waals surface area contributed by atoms with Crippen LogP contribution < -0.4 is 10.0 Å². The van der Waals surface area contributed by atoms with Crippen molar-refractivity contribution in [3.05, 3.63) is 87.4 Å². The van der Waals surface area contributed by atoms with Crippen LogP contribution in [-0.4, -0.2) is 14.3 Å². The van der Waals surface area contributed by atoms with Crippen LogP contribution in [0.3, 0.4) is 0 Å². The summed E-state index contributed by atoms with van der Waals surface area (Å²) >= 11 is 3.43. The molecular weight excluding hydrogens is 452 g/mol. The molecule has 0 bridgehead atoms. The maximum absolute atomic E-state index is 12.9. The van der Waals surface area contributed by atoms with Gasteiger partial charge in [-0.3, -0.25) is 9.52 Å². The lowest BCUT2D eigenvalue weighted by Crippen LogP contribution is -2.17. The number of halogens is 1. The molecule has 1 amide bonds. The van der Waals surface area contributed by atoms with Crippen molar-refractivity contribution in [1.29, 1.82) is 0 Å². The number of sulfonamides is 1. The number of nitrogens with one attached hydrogen (secondary N) is 2. The minimum Gasteiger partial charge on any atom is -0.322 e. The van der Waals surface area contributed by atoms with E-state index in [2.05, 4.69) is 26.0 Å². The second-order valence-electron chi connectivity index (χ2n) is 6.82. The zero-order valence-electron chi connectivity index (χ0n) is 16.3. The van der Waals surface area contributed by atoms with Crippen molar-refractivity contribution in [3.63, 3.8) is 0 Å². The van der Waals surface area contributed by atoms with Gasteiger partial charge in [-0.05, 0) is 73.9 Å². The molecule has 150 valence electrons. The normalized spacial score (nSPS) is 11.2. The molecule has 0 aliphatic heterocycles. The minimum absolute atomic E-state index is 0.0698. The molecule has 0 saturated carbocycles. The first-order valence-electron chi connectivity index (χ1n) is 8.94. The lowest BCUT2D eigenvalue weighted by molar-refractivity contribution is 0.102. The van der Waals surface area contributed by atoms with Crippen molar-refractivity contribution in [1.82, 2.24) is 0 Å². The Bertz CT molecular complexity index is 1190. The summed E-state index contributed by atoms with van der Waals surface area (Å²) in [5.41, 5.74) is 3.76. The highest BCUT2D eigenvalue weighted by Gasteiger charge is 2.20. The lowest BCUT2D eigenvalue weighted by Gasteiger charge is -2.14. The van der Waals surface area contributed by atoms with Crippen molar-refractivity contribution >= 4 is 43.2 Å². The SMILES string of the molecule is Cc1cc(NC(=O)c2ccc(C)c(S(=O)(=O)Nc3ccccc3C)c2)ccc1Br. The Hall–Kier alpha value is -2.64. The summed E-state index contributed by atoms with van der Waals surface area (Å²) in [6, 6.07) is 17.3. The van der Waals surface area contributed by atoms with Gasteiger partial charge in [0.1, 0.15) is 0 Å². The standard InChI is InChI=1S/C22H21BrN2O3S/c1-14-6-4-5-7-20(14)25-29(27,28)21-13-17(9-8-15(21)2)22(26)24-18-10-11-19(23)16(3)12-18/h4-13,25H,1-3H3,(H,24,26). The van der Waals surface area contributed by atoms with E-state index in [1.54, 1.807) is 37.3 Å². The molecule has 3 aromatic carbocycles. The zero-order chi connectivity index (χ0) is 21.2. The van der Waals surface area contributed by atoms with Crippen LogP contribution in [0.25, 0.3) is 0 Å². The smallest absolute Gasteiger partial charge is 0.262 e. The lowest BCUT2D eigenvalue weighted by atomic mass is 10.1. The van der Waals surface area contributed by atoms with Gasteiger partial charge in [0.15, 0.2) is 0 Å². The number of para-hydroxylation sites is 1. The third-order valence-electron chi connectivity index (χ3n) is 4.55. The number of aryl methyl sites for hydroxylation is 3. The van der Waals surface area contributed by atoms with Crippen LogP contribution in [0.15, 0.2) is 70.0 Å².